The number of hydrogen-bond acceptors (Lipinski definition) is 4. The molecule has 1 aliphatic rings. The third kappa shape index (κ3) is 3.22. The van der Waals surface area contributed by atoms with Crippen molar-refractivity contribution in [1.29, 1.82) is 0 Å². The number of anilines is 1. The number of piperazine rings is 1. The lowest BCUT2D eigenvalue weighted by atomic mass is 10.1. The maximum Gasteiger partial charge on any atom is 0.339 e. The Kier molecular flexibility index (Phi) is 4.46. The fourth-order valence-electron chi connectivity index (χ4n) is 2.82. The Hall–Kier alpha value is -2.89. The van der Waals surface area contributed by atoms with Gasteiger partial charge in [-0.1, -0.05) is 17.7 Å². The molecule has 3 rings (SSSR count). The first-order chi connectivity index (χ1) is 11.6. The zero-order chi connectivity index (χ0) is 17.1. The van der Waals surface area contributed by atoms with E-state index in [4.69, 9.17) is 0 Å². The van der Waals surface area contributed by atoms with Crippen molar-refractivity contribution >= 4 is 17.7 Å². The molecular weight excluding hydrogens is 306 g/mol. The fourth-order valence-corrected chi connectivity index (χ4v) is 2.82. The highest BCUT2D eigenvalue weighted by Gasteiger charge is 2.25. The lowest BCUT2D eigenvalue weighted by molar-refractivity contribution is 0.0692. The van der Waals surface area contributed by atoms with Gasteiger partial charge in [0.05, 0.1) is 0 Å². The average molecular weight is 325 g/mol. The van der Waals surface area contributed by atoms with Crippen molar-refractivity contribution < 1.29 is 14.7 Å². The van der Waals surface area contributed by atoms with Crippen molar-refractivity contribution in [3.05, 3.63) is 59.3 Å². The molecule has 1 aromatic carbocycles. The number of pyridine rings is 1. The highest BCUT2D eigenvalue weighted by molar-refractivity contribution is 5.95. The predicted octanol–water partition coefficient (Wildman–Crippen LogP) is 2.05. The van der Waals surface area contributed by atoms with Crippen molar-refractivity contribution in [3.8, 4) is 0 Å². The second-order valence-corrected chi connectivity index (χ2v) is 5.82. The Morgan fingerprint density at radius 3 is 2.33 bits per heavy atom. The van der Waals surface area contributed by atoms with Gasteiger partial charge in [-0.15, -0.1) is 0 Å². The normalized spacial score (nSPS) is 14.5. The van der Waals surface area contributed by atoms with Gasteiger partial charge in [0.25, 0.3) is 5.91 Å². The van der Waals surface area contributed by atoms with Gasteiger partial charge in [0.2, 0.25) is 0 Å². The van der Waals surface area contributed by atoms with Gasteiger partial charge >= 0.3 is 5.97 Å². The Morgan fingerprint density at radius 2 is 1.71 bits per heavy atom. The van der Waals surface area contributed by atoms with Crippen LogP contribution in [0.5, 0.6) is 0 Å². The lowest BCUT2D eigenvalue weighted by Gasteiger charge is -2.35. The summed E-state index contributed by atoms with van der Waals surface area (Å²) >= 11 is 0. The van der Waals surface area contributed by atoms with E-state index in [9.17, 15) is 14.7 Å². The van der Waals surface area contributed by atoms with E-state index in [1.54, 1.807) is 23.2 Å². The Morgan fingerprint density at radius 1 is 1.04 bits per heavy atom. The topological polar surface area (TPSA) is 73.7 Å². The Bertz CT molecular complexity index is 750. The molecule has 1 aliphatic heterocycles. The van der Waals surface area contributed by atoms with Gasteiger partial charge in [-0.25, -0.2) is 9.78 Å². The van der Waals surface area contributed by atoms with Crippen LogP contribution < -0.4 is 4.90 Å². The lowest BCUT2D eigenvalue weighted by Crippen LogP contribution is -2.49. The molecule has 1 fully saturated rings. The standard InChI is InChI=1S/C18H19N3O3/c1-13-4-6-14(7-5-13)17(22)21-11-9-20(10-12-21)16-15(18(23)24)3-2-8-19-16/h2-8H,9-12H2,1H3,(H,23,24). The summed E-state index contributed by atoms with van der Waals surface area (Å²) < 4.78 is 0. The molecule has 124 valence electrons. The van der Waals surface area contributed by atoms with Gasteiger partial charge < -0.3 is 14.9 Å². The summed E-state index contributed by atoms with van der Waals surface area (Å²) in [6.07, 6.45) is 1.59. The summed E-state index contributed by atoms with van der Waals surface area (Å²) in [6, 6.07) is 10.7. The van der Waals surface area contributed by atoms with E-state index in [2.05, 4.69) is 4.98 Å². The maximum absolute atomic E-state index is 12.5. The van der Waals surface area contributed by atoms with Gasteiger partial charge in [-0.05, 0) is 31.2 Å². The van der Waals surface area contributed by atoms with E-state index in [-0.39, 0.29) is 11.5 Å². The van der Waals surface area contributed by atoms with E-state index >= 15 is 0 Å². The first-order valence-electron chi connectivity index (χ1n) is 7.85. The van der Waals surface area contributed by atoms with Crippen molar-refractivity contribution in [2.75, 3.05) is 31.1 Å². The number of carboxylic acids is 1. The molecule has 1 amide bonds. The number of rotatable bonds is 3. The van der Waals surface area contributed by atoms with Gasteiger partial charge in [-0.2, -0.15) is 0 Å². The summed E-state index contributed by atoms with van der Waals surface area (Å²) in [5.41, 5.74) is 1.99. The summed E-state index contributed by atoms with van der Waals surface area (Å²) in [5.74, 6) is -0.516. The van der Waals surface area contributed by atoms with Crippen molar-refractivity contribution in [2.24, 2.45) is 0 Å². The van der Waals surface area contributed by atoms with E-state index in [1.807, 2.05) is 36.1 Å². The Balaban J connectivity index is 1.69. The van der Waals surface area contributed by atoms with Crippen LogP contribution in [0, 0.1) is 6.92 Å². The molecule has 1 saturated heterocycles. The number of carbonyl (C=O) groups excluding carboxylic acids is 1. The molecule has 6 heteroatoms. The fraction of sp³-hybridized carbons (Fsp3) is 0.278. The second-order valence-electron chi connectivity index (χ2n) is 5.82. The van der Waals surface area contributed by atoms with Crippen LogP contribution in [0.3, 0.4) is 0 Å². The minimum atomic E-state index is -0.990. The zero-order valence-corrected chi connectivity index (χ0v) is 13.5. The molecule has 0 atom stereocenters. The number of nitrogens with zero attached hydrogens (tertiary/aromatic N) is 3. The molecular formula is C18H19N3O3. The predicted molar refractivity (Wildman–Crippen MR) is 90.5 cm³/mol. The monoisotopic (exact) mass is 325 g/mol. The van der Waals surface area contributed by atoms with Gasteiger partial charge in [-0.3, -0.25) is 4.79 Å². The number of hydrogen-bond donors (Lipinski definition) is 1. The molecule has 2 aromatic rings. The second kappa shape index (κ2) is 6.70. The van der Waals surface area contributed by atoms with Crippen molar-refractivity contribution in [2.45, 2.75) is 6.92 Å². The van der Waals surface area contributed by atoms with Crippen LogP contribution in [-0.4, -0.2) is 53.0 Å². The minimum Gasteiger partial charge on any atom is -0.478 e. The molecule has 6 nitrogen and oxygen atoms in total. The van der Waals surface area contributed by atoms with Crippen LogP contribution >= 0.6 is 0 Å². The summed E-state index contributed by atoms with van der Waals surface area (Å²) in [4.78, 5) is 31.8. The summed E-state index contributed by atoms with van der Waals surface area (Å²) in [7, 11) is 0. The van der Waals surface area contributed by atoms with E-state index in [1.165, 1.54) is 0 Å². The maximum atomic E-state index is 12.5. The highest BCUT2D eigenvalue weighted by Crippen LogP contribution is 2.19. The molecule has 2 heterocycles. The molecule has 0 aliphatic carbocycles. The quantitative estimate of drug-likeness (QED) is 0.935. The van der Waals surface area contributed by atoms with Crippen LogP contribution in [0.4, 0.5) is 5.82 Å². The van der Waals surface area contributed by atoms with E-state index in [0.29, 0.717) is 37.6 Å². The molecule has 1 N–H and O–H groups in total. The van der Waals surface area contributed by atoms with Crippen LogP contribution in [0.2, 0.25) is 0 Å². The number of carbonyl (C=O) groups is 2. The van der Waals surface area contributed by atoms with E-state index in [0.717, 1.165) is 5.56 Å². The average Bonchev–Trinajstić information content (AvgIpc) is 2.62. The summed E-state index contributed by atoms with van der Waals surface area (Å²) in [6.45, 7) is 4.20. The molecule has 0 radical (unpaired) electrons. The molecule has 0 unspecified atom stereocenters. The van der Waals surface area contributed by atoms with Crippen LogP contribution in [0.1, 0.15) is 26.3 Å². The molecule has 0 spiro atoms. The van der Waals surface area contributed by atoms with Crippen LogP contribution in [0.15, 0.2) is 42.6 Å². The minimum absolute atomic E-state index is 0.00845. The number of aromatic nitrogens is 1. The Labute approximate surface area is 140 Å². The number of benzene rings is 1. The van der Waals surface area contributed by atoms with Crippen molar-refractivity contribution in [3.63, 3.8) is 0 Å². The number of aryl methyl sites for hydroxylation is 1. The number of amides is 1. The number of carboxylic acid groups (broad SMARTS) is 1. The van der Waals surface area contributed by atoms with Gasteiger partial charge in [0.15, 0.2) is 0 Å². The van der Waals surface area contributed by atoms with E-state index < -0.39 is 5.97 Å². The summed E-state index contributed by atoms with van der Waals surface area (Å²) in [5, 5.41) is 9.28. The van der Waals surface area contributed by atoms with Crippen LogP contribution in [0.25, 0.3) is 0 Å². The largest absolute Gasteiger partial charge is 0.478 e. The third-order valence-corrected chi connectivity index (χ3v) is 4.18. The molecule has 0 saturated carbocycles. The molecule has 0 bridgehead atoms. The smallest absolute Gasteiger partial charge is 0.339 e. The first-order valence-corrected chi connectivity index (χ1v) is 7.85. The molecule has 24 heavy (non-hydrogen) atoms. The first kappa shape index (κ1) is 16.0. The van der Waals surface area contributed by atoms with Gasteiger partial charge in [0.1, 0.15) is 11.4 Å². The van der Waals surface area contributed by atoms with Crippen LogP contribution in [-0.2, 0) is 0 Å². The third-order valence-electron chi connectivity index (χ3n) is 4.18. The highest BCUT2D eigenvalue weighted by atomic mass is 16.4. The van der Waals surface area contributed by atoms with Crippen molar-refractivity contribution in [1.82, 2.24) is 9.88 Å². The molecule has 1 aromatic heterocycles. The number of aromatic carboxylic acids is 1. The van der Waals surface area contributed by atoms with Gasteiger partial charge in [0, 0.05) is 37.9 Å². The SMILES string of the molecule is Cc1ccc(C(=O)N2CCN(c3ncccc3C(=O)O)CC2)cc1. The zero-order valence-electron chi connectivity index (χ0n) is 13.5.